The fourth-order valence-electron chi connectivity index (χ4n) is 4.93. The molecule has 0 bridgehead atoms. The third-order valence-electron chi connectivity index (χ3n) is 7.17. The number of halogens is 2. The van der Waals surface area contributed by atoms with Crippen LogP contribution in [0.15, 0.2) is 109 Å². The highest BCUT2D eigenvalue weighted by atomic mass is 35.5. The number of hydrogen-bond acceptors (Lipinski definition) is 5. The summed E-state index contributed by atoms with van der Waals surface area (Å²) >= 11 is 12.0. The average molecular weight is 621 g/mol. The van der Waals surface area contributed by atoms with Crippen molar-refractivity contribution in [2.24, 2.45) is 0 Å². The molecule has 1 aliphatic rings. The minimum absolute atomic E-state index is 0.134. The van der Waals surface area contributed by atoms with Crippen molar-refractivity contribution in [1.29, 1.82) is 0 Å². The van der Waals surface area contributed by atoms with E-state index in [2.05, 4.69) is 17.4 Å². The first-order valence-corrected chi connectivity index (χ1v) is 15.1. The quantitative estimate of drug-likeness (QED) is 0.161. The van der Waals surface area contributed by atoms with Crippen LogP contribution in [0.1, 0.15) is 33.5 Å². The van der Waals surface area contributed by atoms with Crippen molar-refractivity contribution in [2.75, 3.05) is 13.2 Å². The Labute approximate surface area is 262 Å². The molecule has 0 unspecified atom stereocenters. The highest BCUT2D eigenvalue weighted by molar-refractivity contribution is 6.30. The number of carbonyl (C=O) groups is 1. The maximum atomic E-state index is 13.1. The number of amides is 1. The van der Waals surface area contributed by atoms with Crippen LogP contribution in [-0.2, 0) is 38.6 Å². The summed E-state index contributed by atoms with van der Waals surface area (Å²) in [4.78, 5) is 13.1. The van der Waals surface area contributed by atoms with E-state index in [1.54, 1.807) is 12.1 Å². The van der Waals surface area contributed by atoms with Crippen molar-refractivity contribution in [2.45, 2.75) is 50.6 Å². The van der Waals surface area contributed by atoms with E-state index in [0.717, 1.165) is 16.7 Å². The number of ether oxygens (including phenoxy) is 4. The van der Waals surface area contributed by atoms with Crippen LogP contribution in [0.4, 0.5) is 0 Å². The second kappa shape index (κ2) is 16.0. The molecule has 0 radical (unpaired) electrons. The lowest BCUT2D eigenvalue weighted by Gasteiger charge is -2.22. The summed E-state index contributed by atoms with van der Waals surface area (Å²) in [6.45, 7) is 1.50. The first kappa shape index (κ1) is 31.2. The van der Waals surface area contributed by atoms with Crippen LogP contribution in [0, 0.1) is 0 Å². The van der Waals surface area contributed by atoms with Gasteiger partial charge in [0.05, 0.1) is 26.4 Å². The molecule has 0 spiro atoms. The molecule has 1 aliphatic heterocycles. The van der Waals surface area contributed by atoms with Crippen LogP contribution in [0.2, 0.25) is 10.0 Å². The summed E-state index contributed by atoms with van der Waals surface area (Å²) in [6.07, 6.45) is -0.125. The number of nitrogens with one attached hydrogen (secondary N) is 1. The highest BCUT2D eigenvalue weighted by Gasteiger charge is 2.38. The van der Waals surface area contributed by atoms with Gasteiger partial charge in [-0.1, -0.05) is 96.0 Å². The highest BCUT2D eigenvalue weighted by Crippen LogP contribution is 2.25. The molecule has 1 saturated heterocycles. The summed E-state index contributed by atoms with van der Waals surface area (Å²) in [5.41, 5.74) is 3.75. The molecule has 0 saturated carbocycles. The molecule has 3 atom stereocenters. The predicted octanol–water partition coefficient (Wildman–Crippen LogP) is 7.27. The Morgan fingerprint density at radius 3 is 1.67 bits per heavy atom. The Morgan fingerprint density at radius 1 is 0.674 bits per heavy atom. The van der Waals surface area contributed by atoms with Crippen LogP contribution < -0.4 is 5.32 Å². The molecular weight excluding hydrogens is 585 g/mol. The van der Waals surface area contributed by atoms with Crippen molar-refractivity contribution in [3.63, 3.8) is 0 Å². The van der Waals surface area contributed by atoms with Gasteiger partial charge in [0.1, 0.15) is 12.2 Å². The van der Waals surface area contributed by atoms with Crippen molar-refractivity contribution in [1.82, 2.24) is 5.32 Å². The summed E-state index contributed by atoms with van der Waals surface area (Å²) in [5, 5.41) is 4.56. The van der Waals surface area contributed by atoms with E-state index >= 15 is 0 Å². The molecule has 1 fully saturated rings. The largest absolute Gasteiger partial charge is 0.374 e. The van der Waals surface area contributed by atoms with Gasteiger partial charge < -0.3 is 24.3 Å². The van der Waals surface area contributed by atoms with Gasteiger partial charge in [0.25, 0.3) is 5.91 Å². The Bertz CT molecular complexity index is 1340. The summed E-state index contributed by atoms with van der Waals surface area (Å²) in [5.74, 6) is -0.134. The van der Waals surface area contributed by atoms with Gasteiger partial charge in [-0.2, -0.15) is 0 Å². The molecular formula is C35H35Cl2NO5. The van der Waals surface area contributed by atoms with Gasteiger partial charge in [0.2, 0.25) is 0 Å². The normalized spacial score (nSPS) is 17.5. The Balaban J connectivity index is 1.23. The van der Waals surface area contributed by atoms with Gasteiger partial charge in [0.15, 0.2) is 6.29 Å². The lowest BCUT2D eigenvalue weighted by molar-refractivity contribution is -0.0887. The number of hydrogen-bond donors (Lipinski definition) is 1. The Kier molecular flexibility index (Phi) is 11.6. The zero-order valence-electron chi connectivity index (χ0n) is 23.7. The minimum atomic E-state index is -0.543. The summed E-state index contributed by atoms with van der Waals surface area (Å²) in [7, 11) is 0. The van der Waals surface area contributed by atoms with E-state index in [1.165, 1.54) is 0 Å². The Morgan fingerprint density at radius 2 is 1.16 bits per heavy atom. The van der Waals surface area contributed by atoms with E-state index in [1.807, 2.05) is 84.9 Å². The molecule has 1 N–H and O–H groups in total. The zero-order valence-corrected chi connectivity index (χ0v) is 25.3. The second-order valence-corrected chi connectivity index (χ2v) is 11.4. The summed E-state index contributed by atoms with van der Waals surface area (Å²) in [6, 6.07) is 34.2. The van der Waals surface area contributed by atoms with Gasteiger partial charge in [-0.15, -0.1) is 0 Å². The van der Waals surface area contributed by atoms with Crippen molar-refractivity contribution in [3.8, 4) is 0 Å². The fourth-order valence-corrected chi connectivity index (χ4v) is 5.18. The maximum absolute atomic E-state index is 13.1. The molecule has 6 nitrogen and oxygen atoms in total. The monoisotopic (exact) mass is 619 g/mol. The van der Waals surface area contributed by atoms with Gasteiger partial charge >= 0.3 is 0 Å². The standard InChI is InChI=1S/C35H35Cl2NO5/c36-29-15-11-26(12-16-29)21-40-23-32-33(24-41-22-27-13-17-30(37)18-14-27)43-34(42-32)20-31(19-25-7-3-1-4-8-25)38-35(39)28-9-5-2-6-10-28/h1-18,31-34H,19-24H2,(H,38,39)/t31-,32+,33+/m0/s1. The summed E-state index contributed by atoms with van der Waals surface area (Å²) < 4.78 is 24.8. The second-order valence-electron chi connectivity index (χ2n) is 10.5. The first-order valence-electron chi connectivity index (χ1n) is 14.4. The zero-order chi connectivity index (χ0) is 29.9. The third kappa shape index (κ3) is 9.90. The van der Waals surface area contributed by atoms with Crippen LogP contribution in [0.25, 0.3) is 0 Å². The van der Waals surface area contributed by atoms with Crippen LogP contribution in [0.5, 0.6) is 0 Å². The SMILES string of the molecule is O=C(N[C@@H](Cc1ccccc1)CC1O[C@H](COCc2ccc(Cl)cc2)[C@@H](COCc2ccc(Cl)cc2)O1)c1ccccc1. The van der Waals surface area contributed by atoms with Gasteiger partial charge in [-0.05, 0) is 59.5 Å². The van der Waals surface area contributed by atoms with E-state index < -0.39 is 6.29 Å². The lowest BCUT2D eigenvalue weighted by Crippen LogP contribution is -2.39. The molecule has 1 amide bonds. The fraction of sp³-hybridized carbons (Fsp3) is 0.286. The predicted molar refractivity (Wildman–Crippen MR) is 168 cm³/mol. The number of rotatable bonds is 14. The van der Waals surface area contributed by atoms with Gasteiger partial charge in [-0.25, -0.2) is 0 Å². The van der Waals surface area contributed by atoms with Crippen LogP contribution >= 0.6 is 23.2 Å². The molecule has 0 aliphatic carbocycles. The van der Waals surface area contributed by atoms with Gasteiger partial charge in [-0.3, -0.25) is 4.79 Å². The number of benzene rings is 4. The topological polar surface area (TPSA) is 66.0 Å². The Hall–Kier alpha value is -3.23. The van der Waals surface area contributed by atoms with Crippen molar-refractivity contribution >= 4 is 29.1 Å². The first-order chi connectivity index (χ1) is 21.0. The molecule has 5 rings (SSSR count). The molecule has 4 aromatic carbocycles. The molecule has 8 heteroatoms. The smallest absolute Gasteiger partial charge is 0.251 e. The van der Waals surface area contributed by atoms with Gasteiger partial charge in [0, 0.05) is 28.1 Å². The van der Waals surface area contributed by atoms with E-state index in [9.17, 15) is 4.79 Å². The molecule has 224 valence electrons. The average Bonchev–Trinajstić information content (AvgIpc) is 3.40. The van der Waals surface area contributed by atoms with E-state index in [0.29, 0.717) is 54.9 Å². The van der Waals surface area contributed by atoms with Crippen LogP contribution in [0.3, 0.4) is 0 Å². The lowest BCUT2D eigenvalue weighted by atomic mass is 10.0. The minimum Gasteiger partial charge on any atom is -0.374 e. The maximum Gasteiger partial charge on any atom is 0.251 e. The van der Waals surface area contributed by atoms with Crippen molar-refractivity contribution < 1.29 is 23.7 Å². The molecule has 0 aromatic heterocycles. The third-order valence-corrected chi connectivity index (χ3v) is 7.67. The van der Waals surface area contributed by atoms with E-state index in [4.69, 9.17) is 42.1 Å². The van der Waals surface area contributed by atoms with Crippen LogP contribution in [-0.4, -0.2) is 43.7 Å². The molecule has 4 aromatic rings. The van der Waals surface area contributed by atoms with Crippen molar-refractivity contribution in [3.05, 3.63) is 141 Å². The molecule has 1 heterocycles. The molecule has 43 heavy (non-hydrogen) atoms. The number of carbonyl (C=O) groups excluding carboxylic acids is 1. The van der Waals surface area contributed by atoms with E-state index in [-0.39, 0.29) is 24.2 Å².